The van der Waals surface area contributed by atoms with E-state index in [0.717, 1.165) is 31.7 Å². The molecule has 21 heavy (non-hydrogen) atoms. The van der Waals surface area contributed by atoms with Crippen LogP contribution in [0.1, 0.15) is 55.3 Å². The fourth-order valence-corrected chi connectivity index (χ4v) is 2.76. The average Bonchev–Trinajstić information content (AvgIpc) is 2.41. The van der Waals surface area contributed by atoms with Crippen LogP contribution in [0.25, 0.3) is 0 Å². The maximum Gasteiger partial charge on any atom is 0.335 e. The van der Waals surface area contributed by atoms with Crippen LogP contribution >= 0.6 is 0 Å². The van der Waals surface area contributed by atoms with Gasteiger partial charge in [0.05, 0.1) is 10.5 Å². The number of nitro benzene ring substituents is 1. The Balaban J connectivity index is 2.17. The van der Waals surface area contributed by atoms with Crippen LogP contribution < -0.4 is 5.32 Å². The molecule has 0 spiro atoms. The lowest BCUT2D eigenvalue weighted by Gasteiger charge is -2.22. The summed E-state index contributed by atoms with van der Waals surface area (Å²) in [6.45, 7) is 0. The molecule has 0 bridgehead atoms. The molecule has 1 fully saturated rings. The summed E-state index contributed by atoms with van der Waals surface area (Å²) in [6, 6.07) is 4.24. The van der Waals surface area contributed by atoms with Crippen LogP contribution in [0.5, 0.6) is 0 Å². The lowest BCUT2D eigenvalue weighted by atomic mass is 9.96. The maximum absolute atomic E-state index is 11.1. The number of nitro groups is 1. The first kappa shape index (κ1) is 15.3. The number of hydrogen-bond acceptors (Lipinski definition) is 4. The van der Waals surface area contributed by atoms with Gasteiger partial charge in [-0.05, 0) is 25.0 Å². The second-order valence-corrected chi connectivity index (χ2v) is 5.48. The molecule has 1 aliphatic carbocycles. The number of aromatic carboxylic acids is 1. The quantitative estimate of drug-likeness (QED) is 0.650. The van der Waals surface area contributed by atoms with Crippen LogP contribution in [-0.2, 0) is 0 Å². The standard InChI is InChI=1S/C15H20N2O4/c18-15(19)11-8-9-13(14(10-11)17(20)21)16-12-6-4-2-1-3-5-7-12/h8-10,12,16H,1-7H2,(H,18,19). The molecule has 6 nitrogen and oxygen atoms in total. The summed E-state index contributed by atoms with van der Waals surface area (Å²) in [7, 11) is 0. The zero-order chi connectivity index (χ0) is 15.2. The number of hydrogen-bond donors (Lipinski definition) is 2. The average molecular weight is 292 g/mol. The summed E-state index contributed by atoms with van der Waals surface area (Å²) in [5, 5.41) is 23.3. The lowest BCUT2D eigenvalue weighted by Crippen LogP contribution is -2.21. The molecular weight excluding hydrogens is 272 g/mol. The molecule has 0 aliphatic heterocycles. The Kier molecular flexibility index (Phi) is 5.14. The Morgan fingerprint density at radius 2 is 1.81 bits per heavy atom. The zero-order valence-electron chi connectivity index (χ0n) is 11.9. The highest BCUT2D eigenvalue weighted by Crippen LogP contribution is 2.28. The summed E-state index contributed by atoms with van der Waals surface area (Å²) in [5.74, 6) is -1.16. The molecule has 1 aliphatic rings. The van der Waals surface area contributed by atoms with Crippen molar-refractivity contribution in [2.45, 2.75) is 51.0 Å². The molecule has 114 valence electrons. The second-order valence-electron chi connectivity index (χ2n) is 5.48. The molecule has 6 heteroatoms. The van der Waals surface area contributed by atoms with Crippen molar-refractivity contribution in [3.05, 3.63) is 33.9 Å². The Hall–Kier alpha value is -2.11. The van der Waals surface area contributed by atoms with E-state index in [4.69, 9.17) is 5.11 Å². The predicted molar refractivity (Wildman–Crippen MR) is 79.8 cm³/mol. The number of nitrogens with one attached hydrogen (secondary N) is 1. The van der Waals surface area contributed by atoms with Crippen LogP contribution in [0.3, 0.4) is 0 Å². The highest BCUT2D eigenvalue weighted by molar-refractivity contribution is 5.89. The van der Waals surface area contributed by atoms with Gasteiger partial charge in [0.2, 0.25) is 0 Å². The van der Waals surface area contributed by atoms with E-state index in [1.54, 1.807) is 0 Å². The summed E-state index contributed by atoms with van der Waals surface area (Å²) in [5.41, 5.74) is 0.178. The summed E-state index contributed by atoms with van der Waals surface area (Å²) < 4.78 is 0. The van der Waals surface area contributed by atoms with Crippen LogP contribution in [0.4, 0.5) is 11.4 Å². The highest BCUT2D eigenvalue weighted by atomic mass is 16.6. The molecule has 0 unspecified atom stereocenters. The number of nitrogens with zero attached hydrogens (tertiary/aromatic N) is 1. The van der Waals surface area contributed by atoms with Crippen LogP contribution in [0.2, 0.25) is 0 Å². The van der Waals surface area contributed by atoms with Gasteiger partial charge in [0, 0.05) is 12.1 Å². The van der Waals surface area contributed by atoms with Gasteiger partial charge in [-0.25, -0.2) is 4.79 Å². The number of carboxylic acid groups (broad SMARTS) is 1. The van der Waals surface area contributed by atoms with Gasteiger partial charge < -0.3 is 10.4 Å². The van der Waals surface area contributed by atoms with Gasteiger partial charge in [-0.15, -0.1) is 0 Å². The Labute approximate surface area is 123 Å². The van der Waals surface area contributed by atoms with Crippen molar-refractivity contribution in [3.63, 3.8) is 0 Å². The lowest BCUT2D eigenvalue weighted by molar-refractivity contribution is -0.384. The van der Waals surface area contributed by atoms with Crippen molar-refractivity contribution in [1.82, 2.24) is 0 Å². The van der Waals surface area contributed by atoms with Gasteiger partial charge in [0.25, 0.3) is 5.69 Å². The molecule has 0 atom stereocenters. The molecule has 0 saturated heterocycles. The highest BCUT2D eigenvalue weighted by Gasteiger charge is 2.20. The van der Waals surface area contributed by atoms with Gasteiger partial charge in [-0.3, -0.25) is 10.1 Å². The van der Waals surface area contributed by atoms with Gasteiger partial charge in [-0.2, -0.15) is 0 Å². The van der Waals surface area contributed by atoms with Gasteiger partial charge >= 0.3 is 5.97 Å². The predicted octanol–water partition coefficient (Wildman–Crippen LogP) is 3.82. The molecule has 1 saturated carbocycles. The van der Waals surface area contributed by atoms with E-state index in [0.29, 0.717) is 5.69 Å². The molecule has 0 heterocycles. The third-order valence-electron chi connectivity index (χ3n) is 3.91. The SMILES string of the molecule is O=C(O)c1ccc(NC2CCCCCCC2)c([N+](=O)[O-])c1. The third kappa shape index (κ3) is 4.18. The first-order valence-electron chi connectivity index (χ1n) is 7.36. The summed E-state index contributed by atoms with van der Waals surface area (Å²) in [6.07, 6.45) is 7.92. The monoisotopic (exact) mass is 292 g/mol. The molecule has 2 rings (SSSR count). The minimum absolute atomic E-state index is 0.0649. The molecule has 0 amide bonds. The summed E-state index contributed by atoms with van der Waals surface area (Å²) >= 11 is 0. The molecule has 0 radical (unpaired) electrons. The van der Waals surface area contributed by atoms with Crippen molar-refractivity contribution in [3.8, 4) is 0 Å². The number of benzene rings is 1. The van der Waals surface area contributed by atoms with Crippen LogP contribution in [0.15, 0.2) is 18.2 Å². The molecule has 2 N–H and O–H groups in total. The van der Waals surface area contributed by atoms with Crippen molar-refractivity contribution in [2.24, 2.45) is 0 Å². The number of rotatable bonds is 4. The van der Waals surface area contributed by atoms with Crippen molar-refractivity contribution >= 4 is 17.3 Å². The van der Waals surface area contributed by atoms with Crippen molar-refractivity contribution in [1.29, 1.82) is 0 Å². The summed E-state index contributed by atoms with van der Waals surface area (Å²) in [4.78, 5) is 21.5. The largest absolute Gasteiger partial charge is 0.478 e. The minimum Gasteiger partial charge on any atom is -0.478 e. The Morgan fingerprint density at radius 1 is 1.19 bits per heavy atom. The van der Waals surface area contributed by atoms with E-state index in [1.807, 2.05) is 0 Å². The topological polar surface area (TPSA) is 92.5 Å². The Morgan fingerprint density at radius 3 is 2.38 bits per heavy atom. The fourth-order valence-electron chi connectivity index (χ4n) is 2.76. The van der Waals surface area contributed by atoms with Gasteiger partial charge in [-0.1, -0.05) is 32.1 Å². The van der Waals surface area contributed by atoms with Gasteiger partial charge in [0.15, 0.2) is 0 Å². The third-order valence-corrected chi connectivity index (χ3v) is 3.91. The van der Waals surface area contributed by atoms with Gasteiger partial charge in [0.1, 0.15) is 5.69 Å². The number of carboxylic acids is 1. The van der Waals surface area contributed by atoms with Crippen LogP contribution in [0, 0.1) is 10.1 Å². The molecular formula is C15H20N2O4. The number of anilines is 1. The number of carbonyl (C=O) groups is 1. The van der Waals surface area contributed by atoms with Crippen LogP contribution in [-0.4, -0.2) is 22.0 Å². The van der Waals surface area contributed by atoms with Crippen molar-refractivity contribution < 1.29 is 14.8 Å². The first-order valence-corrected chi connectivity index (χ1v) is 7.36. The Bertz CT molecular complexity index is 522. The first-order chi connectivity index (χ1) is 10.1. The van der Waals surface area contributed by atoms with E-state index in [2.05, 4.69) is 5.32 Å². The maximum atomic E-state index is 11.1. The normalized spacial score (nSPS) is 16.8. The van der Waals surface area contributed by atoms with Crippen molar-refractivity contribution in [2.75, 3.05) is 5.32 Å². The smallest absolute Gasteiger partial charge is 0.335 e. The van der Waals surface area contributed by atoms with E-state index in [9.17, 15) is 14.9 Å². The minimum atomic E-state index is -1.16. The molecule has 1 aromatic rings. The molecule has 1 aromatic carbocycles. The second kappa shape index (κ2) is 7.06. The molecule has 0 aromatic heterocycles. The van der Waals surface area contributed by atoms with E-state index >= 15 is 0 Å². The fraction of sp³-hybridized carbons (Fsp3) is 0.533. The van der Waals surface area contributed by atoms with E-state index in [1.165, 1.54) is 31.4 Å². The van der Waals surface area contributed by atoms with E-state index < -0.39 is 10.9 Å². The zero-order valence-corrected chi connectivity index (χ0v) is 11.9. The van der Waals surface area contributed by atoms with E-state index in [-0.39, 0.29) is 17.3 Å².